The molecule has 3 heteroatoms. The molecular weight excluding hydrogens is 204 g/mol. The van der Waals surface area contributed by atoms with Crippen molar-refractivity contribution in [1.29, 1.82) is 0 Å². The zero-order valence-corrected chi connectivity index (χ0v) is 11.0. The molecular formula is C12H20O2Si. The molecule has 0 heterocycles. The third kappa shape index (κ3) is 4.60. The van der Waals surface area contributed by atoms with E-state index in [9.17, 15) is 0 Å². The van der Waals surface area contributed by atoms with E-state index in [1.807, 2.05) is 13.8 Å². The highest BCUT2D eigenvalue weighted by atomic mass is 28.3. The maximum atomic E-state index is 5.64. The summed E-state index contributed by atoms with van der Waals surface area (Å²) >= 11 is 0. The topological polar surface area (TPSA) is 18.5 Å². The molecule has 0 radical (unpaired) electrons. The van der Waals surface area contributed by atoms with Crippen LogP contribution in [0.5, 0.6) is 0 Å². The molecule has 0 amide bonds. The Morgan fingerprint density at radius 3 is 2.33 bits per heavy atom. The molecule has 2 nitrogen and oxygen atoms in total. The van der Waals surface area contributed by atoms with Gasteiger partial charge in [0.15, 0.2) is 0 Å². The van der Waals surface area contributed by atoms with Gasteiger partial charge in [-0.25, -0.2) is 0 Å². The van der Waals surface area contributed by atoms with Gasteiger partial charge in [-0.15, -0.1) is 0 Å². The Morgan fingerprint density at radius 2 is 1.80 bits per heavy atom. The smallest absolute Gasteiger partial charge is 0.325 e. The van der Waals surface area contributed by atoms with E-state index < -0.39 is 9.28 Å². The van der Waals surface area contributed by atoms with Gasteiger partial charge in [0, 0.05) is 19.3 Å². The second-order valence-electron chi connectivity index (χ2n) is 3.53. The lowest BCUT2D eigenvalue weighted by Gasteiger charge is -2.14. The molecule has 0 unspecified atom stereocenters. The number of aryl methyl sites for hydroxylation is 1. The van der Waals surface area contributed by atoms with Crippen LogP contribution in [0.3, 0.4) is 0 Å². The molecule has 0 atom stereocenters. The third-order valence-corrected chi connectivity index (χ3v) is 4.40. The van der Waals surface area contributed by atoms with Gasteiger partial charge in [0.2, 0.25) is 0 Å². The van der Waals surface area contributed by atoms with E-state index in [1.54, 1.807) is 0 Å². The van der Waals surface area contributed by atoms with Crippen LogP contribution in [0.25, 0.3) is 0 Å². The van der Waals surface area contributed by atoms with E-state index in [4.69, 9.17) is 8.85 Å². The van der Waals surface area contributed by atoms with E-state index in [0.29, 0.717) is 0 Å². The lowest BCUT2D eigenvalue weighted by atomic mass is 10.2. The Kier molecular flexibility index (Phi) is 5.61. The molecule has 0 aromatic heterocycles. The van der Waals surface area contributed by atoms with Gasteiger partial charge in [0.05, 0.1) is 0 Å². The van der Waals surface area contributed by atoms with Crippen LogP contribution in [0, 0.1) is 6.92 Å². The van der Waals surface area contributed by atoms with Crippen LogP contribution < -0.4 is 0 Å². The van der Waals surface area contributed by atoms with Crippen LogP contribution in [0.1, 0.15) is 25.0 Å². The maximum absolute atomic E-state index is 5.64. The molecule has 0 saturated heterocycles. The number of hydrogen-bond acceptors (Lipinski definition) is 2. The van der Waals surface area contributed by atoms with Crippen molar-refractivity contribution in [2.75, 3.05) is 13.2 Å². The van der Waals surface area contributed by atoms with Gasteiger partial charge >= 0.3 is 9.28 Å². The van der Waals surface area contributed by atoms with Crippen LogP contribution >= 0.6 is 0 Å². The molecule has 1 rings (SSSR count). The zero-order chi connectivity index (χ0) is 11.1. The van der Waals surface area contributed by atoms with Gasteiger partial charge in [-0.3, -0.25) is 0 Å². The molecule has 0 aliphatic heterocycles. The molecule has 0 N–H and O–H groups in total. The van der Waals surface area contributed by atoms with E-state index in [-0.39, 0.29) is 0 Å². The molecule has 84 valence electrons. The summed E-state index contributed by atoms with van der Waals surface area (Å²) in [6.07, 6.45) is 0. The minimum atomic E-state index is -1.48. The Hall–Kier alpha value is -0.643. The first-order chi connectivity index (χ1) is 7.26. The van der Waals surface area contributed by atoms with E-state index >= 15 is 0 Å². The van der Waals surface area contributed by atoms with Crippen molar-refractivity contribution in [3.8, 4) is 0 Å². The lowest BCUT2D eigenvalue weighted by Crippen LogP contribution is -2.26. The van der Waals surface area contributed by atoms with Gasteiger partial charge in [-0.1, -0.05) is 29.8 Å². The van der Waals surface area contributed by atoms with Crippen LogP contribution in [-0.2, 0) is 14.9 Å². The highest BCUT2D eigenvalue weighted by Gasteiger charge is 2.12. The van der Waals surface area contributed by atoms with Gasteiger partial charge in [-0.05, 0) is 26.3 Å². The highest BCUT2D eigenvalue weighted by molar-refractivity contribution is 6.43. The third-order valence-electron chi connectivity index (χ3n) is 2.19. The highest BCUT2D eigenvalue weighted by Crippen LogP contribution is 2.07. The van der Waals surface area contributed by atoms with Crippen molar-refractivity contribution < 1.29 is 8.85 Å². The SMILES string of the molecule is CCO[SiH](Cc1cccc(C)c1)OCC. The second kappa shape index (κ2) is 6.77. The molecule has 0 aliphatic rings. The van der Waals surface area contributed by atoms with Crippen molar-refractivity contribution >= 4 is 9.28 Å². The quantitative estimate of drug-likeness (QED) is 0.691. The summed E-state index contributed by atoms with van der Waals surface area (Å²) in [5.74, 6) is 0. The first kappa shape index (κ1) is 12.4. The van der Waals surface area contributed by atoms with Crippen LogP contribution in [0.2, 0.25) is 0 Å². The van der Waals surface area contributed by atoms with Crippen molar-refractivity contribution in [2.45, 2.75) is 26.8 Å². The lowest BCUT2D eigenvalue weighted by molar-refractivity contribution is 0.213. The number of hydrogen-bond donors (Lipinski definition) is 0. The van der Waals surface area contributed by atoms with Crippen LogP contribution in [0.4, 0.5) is 0 Å². The van der Waals surface area contributed by atoms with E-state index in [1.165, 1.54) is 11.1 Å². The molecule has 0 aliphatic carbocycles. The van der Waals surface area contributed by atoms with Crippen molar-refractivity contribution in [2.24, 2.45) is 0 Å². The largest absolute Gasteiger partial charge is 0.397 e. The average Bonchev–Trinajstić information content (AvgIpc) is 2.18. The Labute approximate surface area is 94.1 Å². The van der Waals surface area contributed by atoms with E-state index in [0.717, 1.165) is 19.3 Å². The van der Waals surface area contributed by atoms with Gasteiger partial charge < -0.3 is 8.85 Å². The fourth-order valence-corrected chi connectivity index (χ4v) is 3.28. The molecule has 0 fully saturated rings. The first-order valence-corrected chi connectivity index (χ1v) is 7.31. The van der Waals surface area contributed by atoms with Crippen LogP contribution in [0.15, 0.2) is 24.3 Å². The van der Waals surface area contributed by atoms with E-state index in [2.05, 4.69) is 31.2 Å². The predicted octanol–water partition coefficient (Wildman–Crippen LogP) is 2.37. The first-order valence-electron chi connectivity index (χ1n) is 5.55. The molecule has 0 bridgehead atoms. The minimum Gasteiger partial charge on any atom is -0.397 e. The summed E-state index contributed by atoms with van der Waals surface area (Å²) in [5, 5.41) is 0. The fraction of sp³-hybridized carbons (Fsp3) is 0.500. The molecule has 0 saturated carbocycles. The second-order valence-corrected chi connectivity index (χ2v) is 5.47. The van der Waals surface area contributed by atoms with Crippen molar-refractivity contribution in [1.82, 2.24) is 0 Å². The fourth-order valence-electron chi connectivity index (χ4n) is 1.57. The zero-order valence-electron chi connectivity index (χ0n) is 9.82. The monoisotopic (exact) mass is 224 g/mol. The normalized spacial score (nSPS) is 10.9. The molecule has 1 aromatic rings. The van der Waals surface area contributed by atoms with Gasteiger partial charge in [0.25, 0.3) is 0 Å². The Balaban J connectivity index is 2.56. The summed E-state index contributed by atoms with van der Waals surface area (Å²) in [6.45, 7) is 7.66. The minimum absolute atomic E-state index is 0.753. The van der Waals surface area contributed by atoms with Crippen molar-refractivity contribution in [3.63, 3.8) is 0 Å². The number of benzene rings is 1. The summed E-state index contributed by atoms with van der Waals surface area (Å²) < 4.78 is 11.3. The molecule has 0 spiro atoms. The maximum Gasteiger partial charge on any atom is 0.325 e. The summed E-state index contributed by atoms with van der Waals surface area (Å²) in [6, 6.07) is 9.52. The van der Waals surface area contributed by atoms with Crippen molar-refractivity contribution in [3.05, 3.63) is 35.4 Å². The summed E-state index contributed by atoms with van der Waals surface area (Å²) in [5.41, 5.74) is 2.63. The van der Waals surface area contributed by atoms with Crippen LogP contribution in [-0.4, -0.2) is 22.5 Å². The average molecular weight is 224 g/mol. The van der Waals surface area contributed by atoms with Gasteiger partial charge in [0.1, 0.15) is 0 Å². The number of rotatable bonds is 6. The summed E-state index contributed by atoms with van der Waals surface area (Å²) in [7, 11) is -1.48. The molecule has 15 heavy (non-hydrogen) atoms. The molecule has 1 aromatic carbocycles. The standard InChI is InChI=1S/C12H20O2Si/c1-4-13-15(14-5-2)10-12-8-6-7-11(3)9-12/h6-9,15H,4-5,10H2,1-3H3. The summed E-state index contributed by atoms with van der Waals surface area (Å²) in [4.78, 5) is 0. The Bertz CT molecular complexity index is 283. The predicted molar refractivity (Wildman–Crippen MR) is 65.3 cm³/mol. The Morgan fingerprint density at radius 1 is 1.13 bits per heavy atom. The van der Waals surface area contributed by atoms with Gasteiger partial charge in [-0.2, -0.15) is 0 Å².